The average Bonchev–Trinajstić information content (AvgIpc) is 2.73. The van der Waals surface area contributed by atoms with E-state index in [1.54, 1.807) is 24.3 Å². The lowest BCUT2D eigenvalue weighted by atomic mass is 10.1. The molecule has 1 aliphatic heterocycles. The van der Waals surface area contributed by atoms with Gasteiger partial charge in [0.1, 0.15) is 5.75 Å². The number of anilines is 2. The smallest absolute Gasteiger partial charge is 0.416 e. The molecule has 0 spiro atoms. The van der Waals surface area contributed by atoms with Crippen LogP contribution in [0.2, 0.25) is 5.02 Å². The van der Waals surface area contributed by atoms with Crippen molar-refractivity contribution in [1.82, 2.24) is 5.32 Å². The molecule has 2 N–H and O–H groups in total. The average molecular weight is 474 g/mol. The van der Waals surface area contributed by atoms with Crippen LogP contribution in [-0.2, 0) is 15.7 Å². The summed E-state index contributed by atoms with van der Waals surface area (Å²) in [6, 6.07) is 9.78. The van der Waals surface area contributed by atoms with Gasteiger partial charge in [-0.1, -0.05) is 11.6 Å². The van der Waals surface area contributed by atoms with Gasteiger partial charge in [-0.15, -0.1) is 0 Å². The second-order valence-corrected chi connectivity index (χ2v) is 7.42. The zero-order valence-corrected chi connectivity index (χ0v) is 17.7. The molecule has 0 aliphatic carbocycles. The highest BCUT2D eigenvalue weighted by molar-refractivity contribution is 7.80. The molecule has 0 unspecified atom stereocenters. The number of benzene rings is 2. The van der Waals surface area contributed by atoms with E-state index in [-0.39, 0.29) is 17.4 Å². The Morgan fingerprint density at radius 2 is 1.84 bits per heavy atom. The summed E-state index contributed by atoms with van der Waals surface area (Å²) >= 11 is 10.9. The third-order valence-electron chi connectivity index (χ3n) is 4.36. The zero-order valence-electron chi connectivity index (χ0n) is 16.2. The van der Waals surface area contributed by atoms with Gasteiger partial charge < -0.3 is 19.7 Å². The van der Waals surface area contributed by atoms with Crippen molar-refractivity contribution in [3.8, 4) is 5.75 Å². The topological polar surface area (TPSA) is 62.8 Å². The van der Waals surface area contributed by atoms with Gasteiger partial charge in [-0.2, -0.15) is 13.2 Å². The Morgan fingerprint density at radius 3 is 2.48 bits per heavy atom. The summed E-state index contributed by atoms with van der Waals surface area (Å²) in [5, 5.41) is 5.49. The summed E-state index contributed by atoms with van der Waals surface area (Å²) < 4.78 is 50.2. The first-order chi connectivity index (χ1) is 14.7. The number of ether oxygens (including phenoxy) is 2. The molecule has 3 rings (SSSR count). The molecule has 31 heavy (non-hydrogen) atoms. The number of halogens is 4. The second kappa shape index (κ2) is 10.2. The lowest BCUT2D eigenvalue weighted by Crippen LogP contribution is -2.39. The van der Waals surface area contributed by atoms with Crippen molar-refractivity contribution in [3.63, 3.8) is 0 Å². The van der Waals surface area contributed by atoms with Crippen LogP contribution in [0.4, 0.5) is 24.5 Å². The number of alkyl halides is 3. The lowest BCUT2D eigenvalue weighted by molar-refractivity contribution is -0.137. The molecule has 1 aliphatic rings. The first kappa shape index (κ1) is 23.1. The van der Waals surface area contributed by atoms with E-state index in [9.17, 15) is 18.0 Å². The molecule has 1 fully saturated rings. The second-order valence-electron chi connectivity index (χ2n) is 6.57. The maximum absolute atomic E-state index is 13.2. The molecule has 1 heterocycles. The number of nitrogens with zero attached hydrogens (tertiary/aromatic N) is 1. The largest absolute Gasteiger partial charge is 0.484 e. The highest BCUT2D eigenvalue weighted by Gasteiger charge is 2.31. The van der Waals surface area contributed by atoms with Crippen molar-refractivity contribution in [2.45, 2.75) is 6.18 Å². The molecule has 2 aromatic rings. The molecule has 0 bridgehead atoms. The highest BCUT2D eigenvalue weighted by Crippen LogP contribution is 2.35. The van der Waals surface area contributed by atoms with E-state index >= 15 is 0 Å². The van der Waals surface area contributed by atoms with Crippen molar-refractivity contribution in [1.29, 1.82) is 0 Å². The van der Waals surface area contributed by atoms with Gasteiger partial charge >= 0.3 is 6.18 Å². The van der Waals surface area contributed by atoms with Crippen molar-refractivity contribution >= 4 is 46.2 Å². The molecule has 0 aromatic heterocycles. The number of rotatable bonds is 5. The van der Waals surface area contributed by atoms with Gasteiger partial charge in [0.05, 0.1) is 30.2 Å². The molecule has 2 aromatic carbocycles. The van der Waals surface area contributed by atoms with E-state index < -0.39 is 17.6 Å². The number of morpholine rings is 1. The van der Waals surface area contributed by atoms with Gasteiger partial charge in [-0.3, -0.25) is 10.1 Å². The molecule has 1 amide bonds. The first-order valence-electron chi connectivity index (χ1n) is 9.25. The van der Waals surface area contributed by atoms with Crippen LogP contribution in [-0.4, -0.2) is 43.9 Å². The van der Waals surface area contributed by atoms with Gasteiger partial charge in [0.25, 0.3) is 5.91 Å². The van der Waals surface area contributed by atoms with Crippen LogP contribution in [0.1, 0.15) is 5.56 Å². The quantitative estimate of drug-likeness (QED) is 0.638. The van der Waals surface area contributed by atoms with Gasteiger partial charge in [-0.25, -0.2) is 0 Å². The minimum absolute atomic E-state index is 0.139. The maximum atomic E-state index is 13.2. The number of carbonyl (C=O) groups excluding carboxylic acids is 1. The third kappa shape index (κ3) is 6.71. The third-order valence-corrected chi connectivity index (χ3v) is 4.82. The van der Waals surface area contributed by atoms with Gasteiger partial charge in [0.2, 0.25) is 0 Å². The predicted octanol–water partition coefficient (Wildman–Crippen LogP) is 4.09. The SMILES string of the molecule is O=C(COc1ccc(Cl)cc1)NC(=S)Nc1cc(C(F)(F)F)ccc1N1CCOCC1. The van der Waals surface area contributed by atoms with Crippen molar-refractivity contribution < 1.29 is 27.4 Å². The van der Waals surface area contributed by atoms with Crippen LogP contribution >= 0.6 is 23.8 Å². The fraction of sp³-hybridized carbons (Fsp3) is 0.300. The number of thiocarbonyl (C=S) groups is 1. The molecule has 0 saturated carbocycles. The van der Waals surface area contributed by atoms with Crippen LogP contribution in [0.5, 0.6) is 5.75 Å². The Labute approximate surface area is 187 Å². The monoisotopic (exact) mass is 473 g/mol. The van der Waals surface area contributed by atoms with E-state index in [1.807, 2.05) is 4.90 Å². The normalized spacial score (nSPS) is 14.1. The Hall–Kier alpha value is -2.56. The summed E-state index contributed by atoms with van der Waals surface area (Å²) in [4.78, 5) is 14.0. The fourth-order valence-corrected chi connectivity index (χ4v) is 3.24. The minimum atomic E-state index is -4.52. The number of hydrogen-bond donors (Lipinski definition) is 2. The molecular weight excluding hydrogens is 455 g/mol. The Balaban J connectivity index is 1.66. The summed E-state index contributed by atoms with van der Waals surface area (Å²) in [7, 11) is 0. The number of carbonyl (C=O) groups is 1. The van der Waals surface area contributed by atoms with Gasteiger partial charge in [0.15, 0.2) is 11.7 Å². The Bertz CT molecular complexity index is 936. The van der Waals surface area contributed by atoms with Crippen molar-refractivity contribution in [3.05, 3.63) is 53.1 Å². The summed E-state index contributed by atoms with van der Waals surface area (Å²) in [5.41, 5.74) is -0.154. The predicted molar refractivity (Wildman–Crippen MR) is 116 cm³/mol. The summed E-state index contributed by atoms with van der Waals surface area (Å²) in [5.74, 6) is -0.127. The van der Waals surface area contributed by atoms with E-state index in [1.165, 1.54) is 6.07 Å². The van der Waals surface area contributed by atoms with Gasteiger partial charge in [0, 0.05) is 18.1 Å². The minimum Gasteiger partial charge on any atom is -0.484 e. The van der Waals surface area contributed by atoms with Crippen LogP contribution in [0.3, 0.4) is 0 Å². The maximum Gasteiger partial charge on any atom is 0.416 e. The first-order valence-corrected chi connectivity index (χ1v) is 10.0. The molecular formula is C20H19ClF3N3O3S. The fourth-order valence-electron chi connectivity index (χ4n) is 2.89. The van der Waals surface area contributed by atoms with Crippen LogP contribution in [0.15, 0.2) is 42.5 Å². The molecule has 6 nitrogen and oxygen atoms in total. The summed E-state index contributed by atoms with van der Waals surface area (Å²) in [6.07, 6.45) is -4.52. The Kier molecular flexibility index (Phi) is 7.58. The standard InChI is InChI=1S/C20H19ClF3N3O3S/c21-14-2-4-15(5-3-14)30-12-18(28)26-19(31)25-16-11-13(20(22,23)24)1-6-17(16)27-7-9-29-10-8-27/h1-6,11H,7-10,12H2,(H2,25,26,28,31). The molecule has 0 atom stereocenters. The van der Waals surface area contributed by atoms with Crippen LogP contribution in [0.25, 0.3) is 0 Å². The number of nitrogens with one attached hydrogen (secondary N) is 2. The van der Waals surface area contributed by atoms with Crippen LogP contribution in [0, 0.1) is 0 Å². The lowest BCUT2D eigenvalue weighted by Gasteiger charge is -2.31. The summed E-state index contributed by atoms with van der Waals surface area (Å²) in [6.45, 7) is 1.64. The number of hydrogen-bond acceptors (Lipinski definition) is 5. The Morgan fingerprint density at radius 1 is 1.16 bits per heavy atom. The van der Waals surface area contributed by atoms with E-state index in [2.05, 4.69) is 10.6 Å². The van der Waals surface area contributed by atoms with Crippen molar-refractivity contribution in [2.75, 3.05) is 43.1 Å². The number of amides is 1. The zero-order chi connectivity index (χ0) is 22.4. The van der Waals surface area contributed by atoms with Crippen molar-refractivity contribution in [2.24, 2.45) is 0 Å². The molecule has 166 valence electrons. The molecule has 11 heteroatoms. The van der Waals surface area contributed by atoms with E-state index in [0.717, 1.165) is 12.1 Å². The van der Waals surface area contributed by atoms with E-state index in [4.69, 9.17) is 33.3 Å². The van der Waals surface area contributed by atoms with Crippen LogP contribution < -0.4 is 20.3 Å². The highest BCUT2D eigenvalue weighted by atomic mass is 35.5. The van der Waals surface area contributed by atoms with E-state index in [0.29, 0.717) is 42.8 Å². The molecule has 0 radical (unpaired) electrons. The molecule has 1 saturated heterocycles. The van der Waals surface area contributed by atoms with Gasteiger partial charge in [-0.05, 0) is 54.7 Å².